The van der Waals surface area contributed by atoms with Crippen molar-refractivity contribution in [3.63, 3.8) is 0 Å². The largest absolute Gasteiger partial charge is 0.479 e. The van der Waals surface area contributed by atoms with Crippen LogP contribution >= 0.6 is 0 Å². The number of amides is 1. The maximum atomic E-state index is 13.3. The van der Waals surface area contributed by atoms with Gasteiger partial charge < -0.3 is 25.4 Å². The molecule has 1 atom stereocenters. The molecule has 0 aliphatic heterocycles. The third-order valence-electron chi connectivity index (χ3n) is 6.44. The Hall–Kier alpha value is -3.54. The van der Waals surface area contributed by atoms with E-state index in [4.69, 9.17) is 4.74 Å². The van der Waals surface area contributed by atoms with E-state index >= 15 is 0 Å². The van der Waals surface area contributed by atoms with Crippen LogP contribution in [0, 0.1) is 0 Å². The molecule has 4 rings (SSSR count). The van der Waals surface area contributed by atoms with Crippen LogP contribution in [0.3, 0.4) is 0 Å². The summed E-state index contributed by atoms with van der Waals surface area (Å²) in [7, 11) is 3.10. The highest BCUT2D eigenvalue weighted by Gasteiger charge is 2.38. The first kappa shape index (κ1) is 26.5. The number of carbonyl (C=O) groups is 1. The maximum absolute atomic E-state index is 13.3. The lowest BCUT2D eigenvalue weighted by Crippen LogP contribution is -2.36. The van der Waals surface area contributed by atoms with Gasteiger partial charge in [-0.3, -0.25) is 4.79 Å². The number of hydrogen-bond acceptors (Lipinski definition) is 7. The summed E-state index contributed by atoms with van der Waals surface area (Å²) in [4.78, 5) is 18.3. The summed E-state index contributed by atoms with van der Waals surface area (Å²) in [5.41, 5.74) is 0.414. The van der Waals surface area contributed by atoms with Crippen molar-refractivity contribution < 1.29 is 27.8 Å². The molecule has 1 unspecified atom stereocenters. The van der Waals surface area contributed by atoms with E-state index in [0.717, 1.165) is 25.3 Å². The first-order valence-corrected chi connectivity index (χ1v) is 12.0. The number of hydrogen-bond donors (Lipinski definition) is 3. The smallest absolute Gasteiger partial charge is 0.425 e. The van der Waals surface area contributed by atoms with E-state index in [1.807, 2.05) is 19.1 Å². The minimum absolute atomic E-state index is 0.101. The number of halogens is 3. The summed E-state index contributed by atoms with van der Waals surface area (Å²) in [5.74, 6) is 0.154. The topological polar surface area (TPSA) is 104 Å². The van der Waals surface area contributed by atoms with Gasteiger partial charge in [0.05, 0.1) is 11.3 Å². The predicted octanol–water partition coefficient (Wildman–Crippen LogP) is 4.61. The van der Waals surface area contributed by atoms with Gasteiger partial charge in [-0.2, -0.15) is 18.2 Å². The van der Waals surface area contributed by atoms with Gasteiger partial charge in [-0.15, -0.1) is 5.10 Å². The number of aromatic nitrogens is 3. The van der Waals surface area contributed by atoms with Gasteiger partial charge in [0, 0.05) is 31.9 Å². The fourth-order valence-corrected chi connectivity index (χ4v) is 4.16. The van der Waals surface area contributed by atoms with Gasteiger partial charge in [-0.25, -0.2) is 4.52 Å². The highest BCUT2D eigenvalue weighted by Crippen LogP contribution is 2.34. The number of fused-ring (bicyclic) bond motifs is 1. The van der Waals surface area contributed by atoms with Crippen LogP contribution in [0.5, 0.6) is 5.75 Å². The van der Waals surface area contributed by atoms with Gasteiger partial charge in [0.15, 0.2) is 11.9 Å². The van der Waals surface area contributed by atoms with E-state index in [0.29, 0.717) is 18.7 Å². The highest BCUT2D eigenvalue weighted by molar-refractivity contribution is 5.95. The Morgan fingerprint density at radius 2 is 1.97 bits per heavy atom. The number of nitrogens with one attached hydrogen (secondary N) is 2. The van der Waals surface area contributed by atoms with Crippen LogP contribution in [0.4, 0.5) is 30.6 Å². The molecule has 1 fully saturated rings. The molecule has 0 radical (unpaired) electrons. The van der Waals surface area contributed by atoms with Gasteiger partial charge in [0.2, 0.25) is 5.95 Å². The first-order chi connectivity index (χ1) is 17.3. The summed E-state index contributed by atoms with van der Waals surface area (Å²) >= 11 is 0. The van der Waals surface area contributed by atoms with E-state index in [-0.39, 0.29) is 34.9 Å². The quantitative estimate of drug-likeness (QED) is 0.418. The average molecular weight is 521 g/mol. The molecule has 1 amide bonds. The van der Waals surface area contributed by atoms with Gasteiger partial charge in [-0.05, 0) is 69.9 Å². The van der Waals surface area contributed by atoms with E-state index < -0.39 is 17.9 Å². The van der Waals surface area contributed by atoms with E-state index in [1.54, 1.807) is 24.8 Å². The normalized spacial score (nSPS) is 20.9. The molecule has 3 aromatic rings. The molecule has 9 nitrogen and oxygen atoms in total. The Morgan fingerprint density at radius 1 is 1.27 bits per heavy atom. The summed E-state index contributed by atoms with van der Waals surface area (Å²) in [6.07, 6.45) is -2.11. The zero-order valence-electron chi connectivity index (χ0n) is 21.1. The highest BCUT2D eigenvalue weighted by atomic mass is 19.4. The number of ether oxygens (including phenoxy) is 1. The van der Waals surface area contributed by atoms with Gasteiger partial charge >= 0.3 is 6.18 Å². The fraction of sp³-hybridized carbons (Fsp3) is 0.480. The third kappa shape index (κ3) is 6.24. The average Bonchev–Trinajstić information content (AvgIpc) is 3.29. The number of rotatable bonds is 7. The molecule has 2 aromatic heterocycles. The summed E-state index contributed by atoms with van der Waals surface area (Å²) in [6.45, 7) is 2.73. The molecule has 1 aromatic carbocycles. The van der Waals surface area contributed by atoms with Crippen LogP contribution in [0.15, 0.2) is 36.5 Å². The molecule has 0 spiro atoms. The molecule has 1 aliphatic rings. The molecule has 3 N–H and O–H groups in total. The lowest BCUT2D eigenvalue weighted by atomic mass is 9.84. The minimum Gasteiger partial charge on any atom is -0.479 e. The lowest BCUT2D eigenvalue weighted by molar-refractivity contribution is -0.189. The zero-order valence-corrected chi connectivity index (χ0v) is 21.1. The summed E-state index contributed by atoms with van der Waals surface area (Å²) in [6, 6.07) is 8.00. The Morgan fingerprint density at radius 3 is 2.62 bits per heavy atom. The molecule has 1 aliphatic carbocycles. The predicted molar refractivity (Wildman–Crippen MR) is 133 cm³/mol. The van der Waals surface area contributed by atoms with Gasteiger partial charge in [-0.1, -0.05) is 0 Å². The fourth-order valence-electron chi connectivity index (χ4n) is 4.16. The van der Waals surface area contributed by atoms with Gasteiger partial charge in [0.25, 0.3) is 5.91 Å². The third-order valence-corrected chi connectivity index (χ3v) is 6.44. The molecule has 0 saturated heterocycles. The number of benzene rings is 1. The van der Waals surface area contributed by atoms with Crippen molar-refractivity contribution in [1.29, 1.82) is 0 Å². The van der Waals surface area contributed by atoms with Crippen LogP contribution in [0.2, 0.25) is 0 Å². The lowest BCUT2D eigenvalue weighted by Gasteiger charge is -2.33. The Labute approximate surface area is 212 Å². The van der Waals surface area contributed by atoms with Crippen molar-refractivity contribution in [3.8, 4) is 5.75 Å². The van der Waals surface area contributed by atoms with Crippen molar-refractivity contribution in [2.45, 2.75) is 63.5 Å². The molecular formula is C25H31F3N6O3. The molecule has 200 valence electrons. The van der Waals surface area contributed by atoms with E-state index in [2.05, 4.69) is 20.7 Å². The molecule has 2 heterocycles. The van der Waals surface area contributed by atoms with E-state index in [1.165, 1.54) is 23.1 Å². The van der Waals surface area contributed by atoms with Crippen molar-refractivity contribution in [3.05, 3.63) is 42.1 Å². The SMILES string of the molecule is CC(Oc1cc(C(=O)N(C)C)ccc1Nc1nc(NC2CCC(C)(O)CC2)c2cccn2n1)C(F)(F)F. The van der Waals surface area contributed by atoms with Crippen LogP contribution in [-0.4, -0.2) is 68.5 Å². The van der Waals surface area contributed by atoms with Crippen LogP contribution in [-0.2, 0) is 0 Å². The zero-order chi connectivity index (χ0) is 27.0. The number of carbonyl (C=O) groups excluding carboxylic acids is 1. The second kappa shape index (κ2) is 10.1. The van der Waals surface area contributed by atoms with Gasteiger partial charge in [0.1, 0.15) is 11.3 Å². The van der Waals surface area contributed by atoms with Crippen LogP contribution in [0.25, 0.3) is 5.52 Å². The second-order valence-corrected chi connectivity index (χ2v) is 9.87. The van der Waals surface area contributed by atoms with Crippen molar-refractivity contribution >= 4 is 28.9 Å². The molecular weight excluding hydrogens is 489 g/mol. The van der Waals surface area contributed by atoms with Crippen LogP contribution in [0.1, 0.15) is 49.9 Å². The Kier molecular flexibility index (Phi) is 7.22. The van der Waals surface area contributed by atoms with Crippen LogP contribution < -0.4 is 15.4 Å². The summed E-state index contributed by atoms with van der Waals surface area (Å²) < 4.78 is 46.7. The summed E-state index contributed by atoms with van der Waals surface area (Å²) in [5, 5.41) is 21.1. The molecule has 37 heavy (non-hydrogen) atoms. The monoisotopic (exact) mass is 520 g/mol. The minimum atomic E-state index is -4.60. The Bertz CT molecular complexity index is 1260. The van der Waals surface area contributed by atoms with Crippen molar-refractivity contribution in [1.82, 2.24) is 19.5 Å². The number of alkyl halides is 3. The van der Waals surface area contributed by atoms with E-state index in [9.17, 15) is 23.1 Å². The first-order valence-electron chi connectivity index (χ1n) is 12.0. The standard InChI is InChI=1S/C25H31F3N6O3/c1-15(25(26,27)28)37-20-14-16(22(35)33(3)4)7-8-18(20)30-23-31-21(19-6-5-13-34(19)32-23)29-17-9-11-24(2,36)12-10-17/h5-8,13-15,17,36H,9-12H2,1-4H3,(H2,29,30,31,32). The number of anilines is 3. The number of nitrogens with zero attached hydrogens (tertiary/aromatic N) is 4. The number of aliphatic hydroxyl groups is 1. The Balaban J connectivity index is 1.65. The molecule has 1 saturated carbocycles. The van der Waals surface area contributed by atoms with Crippen molar-refractivity contribution in [2.24, 2.45) is 0 Å². The molecule has 12 heteroatoms. The maximum Gasteiger partial charge on any atom is 0.425 e. The van der Waals surface area contributed by atoms with Crippen molar-refractivity contribution in [2.75, 3.05) is 24.7 Å². The molecule has 0 bridgehead atoms. The second-order valence-electron chi connectivity index (χ2n) is 9.87.